The van der Waals surface area contributed by atoms with Crippen molar-refractivity contribution in [2.45, 2.75) is 19.8 Å². The van der Waals surface area contributed by atoms with E-state index in [1.165, 1.54) is 0 Å². The molecule has 0 saturated carbocycles. The van der Waals surface area contributed by atoms with Crippen molar-refractivity contribution < 1.29 is 4.79 Å². The molecule has 0 unspecified atom stereocenters. The first kappa shape index (κ1) is 15.3. The first-order valence-corrected chi connectivity index (χ1v) is 7.16. The molecule has 0 saturated heterocycles. The van der Waals surface area contributed by atoms with Crippen molar-refractivity contribution in [3.8, 4) is 0 Å². The van der Waals surface area contributed by atoms with Gasteiger partial charge < -0.3 is 0 Å². The largest absolute Gasteiger partial charge is 0.273 e. The fourth-order valence-electron chi connectivity index (χ4n) is 1.86. The molecule has 0 radical (unpaired) electrons. The van der Waals surface area contributed by atoms with Crippen LogP contribution >= 0.6 is 11.6 Å². The van der Waals surface area contributed by atoms with Gasteiger partial charge in [-0.2, -0.15) is 5.10 Å². The molecule has 2 rings (SSSR count). The summed E-state index contributed by atoms with van der Waals surface area (Å²) in [6.45, 7) is 1.85. The number of hydrogen-bond donors (Lipinski definition) is 1. The van der Waals surface area contributed by atoms with E-state index in [0.717, 1.165) is 16.8 Å². The minimum atomic E-state index is -0.0906. The van der Waals surface area contributed by atoms with Crippen LogP contribution in [-0.2, 0) is 11.2 Å². The molecule has 1 amide bonds. The van der Waals surface area contributed by atoms with Crippen molar-refractivity contribution in [3.63, 3.8) is 0 Å². The first-order valence-electron chi connectivity index (χ1n) is 6.78. The van der Waals surface area contributed by atoms with E-state index in [-0.39, 0.29) is 5.91 Å². The number of carbonyl (C=O) groups excluding carboxylic acids is 1. The van der Waals surface area contributed by atoms with Crippen LogP contribution in [0.4, 0.5) is 0 Å². The second kappa shape index (κ2) is 7.60. The summed E-state index contributed by atoms with van der Waals surface area (Å²) >= 11 is 5.83. The van der Waals surface area contributed by atoms with Crippen LogP contribution in [0.1, 0.15) is 24.5 Å². The maximum atomic E-state index is 11.8. The summed E-state index contributed by atoms with van der Waals surface area (Å²) in [5.74, 6) is -0.0906. The number of rotatable bonds is 5. The Labute approximate surface area is 129 Å². The molecule has 1 N–H and O–H groups in total. The third-order valence-electron chi connectivity index (χ3n) is 3.09. The zero-order valence-electron chi connectivity index (χ0n) is 11.8. The summed E-state index contributed by atoms with van der Waals surface area (Å²) < 4.78 is 0. The van der Waals surface area contributed by atoms with Crippen LogP contribution < -0.4 is 5.43 Å². The second-order valence-electron chi connectivity index (χ2n) is 4.72. The molecule has 21 heavy (non-hydrogen) atoms. The Hall–Kier alpha value is -2.13. The molecule has 0 aliphatic rings. The summed E-state index contributed by atoms with van der Waals surface area (Å²) in [6, 6.07) is 17.3. The van der Waals surface area contributed by atoms with Crippen molar-refractivity contribution in [2.75, 3.05) is 0 Å². The Bertz CT molecular complexity index is 621. The molecule has 0 aliphatic carbocycles. The van der Waals surface area contributed by atoms with E-state index in [1.54, 1.807) is 12.1 Å². The SMILES string of the molecule is C/C(=N\NC(=O)CCc1ccccc1)c1ccc(Cl)cc1. The third-order valence-corrected chi connectivity index (χ3v) is 3.35. The van der Waals surface area contributed by atoms with Gasteiger partial charge in [0, 0.05) is 11.4 Å². The predicted octanol–water partition coefficient (Wildman–Crippen LogP) is 3.81. The standard InChI is InChI=1S/C17H17ClN2O/c1-13(15-8-10-16(18)11-9-15)19-20-17(21)12-7-14-5-3-2-4-6-14/h2-6,8-11H,7,12H2,1H3,(H,20,21)/b19-13+. The second-order valence-corrected chi connectivity index (χ2v) is 5.16. The zero-order valence-corrected chi connectivity index (χ0v) is 12.6. The first-order chi connectivity index (χ1) is 10.1. The number of hydrazone groups is 1. The highest BCUT2D eigenvalue weighted by Gasteiger charge is 2.02. The van der Waals surface area contributed by atoms with Gasteiger partial charge in [-0.05, 0) is 36.6 Å². The van der Waals surface area contributed by atoms with E-state index in [9.17, 15) is 4.79 Å². The molecular weight excluding hydrogens is 284 g/mol. The minimum Gasteiger partial charge on any atom is -0.273 e. The Morgan fingerprint density at radius 3 is 2.43 bits per heavy atom. The number of nitrogens with one attached hydrogen (secondary N) is 1. The molecule has 0 fully saturated rings. The molecule has 4 heteroatoms. The number of hydrogen-bond acceptors (Lipinski definition) is 2. The lowest BCUT2D eigenvalue weighted by atomic mass is 10.1. The minimum absolute atomic E-state index is 0.0906. The Kier molecular flexibility index (Phi) is 5.52. The number of carbonyl (C=O) groups is 1. The molecule has 108 valence electrons. The molecule has 2 aromatic carbocycles. The number of halogens is 1. The van der Waals surface area contributed by atoms with E-state index >= 15 is 0 Å². The monoisotopic (exact) mass is 300 g/mol. The molecule has 0 aliphatic heterocycles. The van der Waals surface area contributed by atoms with Gasteiger partial charge in [0.05, 0.1) is 5.71 Å². The lowest BCUT2D eigenvalue weighted by Crippen LogP contribution is -2.19. The van der Waals surface area contributed by atoms with Crippen LogP contribution in [-0.4, -0.2) is 11.6 Å². The molecule has 0 heterocycles. The molecule has 0 aromatic heterocycles. The molecule has 0 atom stereocenters. The van der Waals surface area contributed by atoms with Crippen LogP contribution in [0.15, 0.2) is 59.7 Å². The van der Waals surface area contributed by atoms with Gasteiger partial charge in [-0.25, -0.2) is 5.43 Å². The highest BCUT2D eigenvalue weighted by Crippen LogP contribution is 2.10. The van der Waals surface area contributed by atoms with Crippen molar-refractivity contribution in [1.82, 2.24) is 5.43 Å². The summed E-state index contributed by atoms with van der Waals surface area (Å²) in [7, 11) is 0. The number of aryl methyl sites for hydroxylation is 1. The van der Waals surface area contributed by atoms with Crippen molar-refractivity contribution in [1.29, 1.82) is 0 Å². The predicted molar refractivity (Wildman–Crippen MR) is 86.6 cm³/mol. The Balaban J connectivity index is 1.85. The summed E-state index contributed by atoms with van der Waals surface area (Å²) in [4.78, 5) is 11.8. The molecule has 3 nitrogen and oxygen atoms in total. The highest BCUT2D eigenvalue weighted by atomic mass is 35.5. The van der Waals surface area contributed by atoms with Gasteiger partial charge in [0.25, 0.3) is 0 Å². The fraction of sp³-hybridized carbons (Fsp3) is 0.176. The van der Waals surface area contributed by atoms with E-state index in [0.29, 0.717) is 17.9 Å². The number of nitrogens with zero attached hydrogens (tertiary/aromatic N) is 1. The smallest absolute Gasteiger partial charge is 0.240 e. The van der Waals surface area contributed by atoms with Gasteiger partial charge in [0.2, 0.25) is 5.91 Å². The molecule has 2 aromatic rings. The number of benzene rings is 2. The van der Waals surface area contributed by atoms with E-state index in [1.807, 2.05) is 49.4 Å². The fourth-order valence-corrected chi connectivity index (χ4v) is 1.99. The normalized spacial score (nSPS) is 11.2. The average molecular weight is 301 g/mol. The van der Waals surface area contributed by atoms with Crippen molar-refractivity contribution in [2.24, 2.45) is 5.10 Å². The van der Waals surface area contributed by atoms with Gasteiger partial charge in [-0.1, -0.05) is 54.1 Å². The maximum Gasteiger partial charge on any atom is 0.240 e. The van der Waals surface area contributed by atoms with Crippen LogP contribution in [0, 0.1) is 0 Å². The van der Waals surface area contributed by atoms with Crippen LogP contribution in [0.25, 0.3) is 0 Å². The van der Waals surface area contributed by atoms with Gasteiger partial charge in [0.15, 0.2) is 0 Å². The number of amides is 1. The zero-order chi connectivity index (χ0) is 15.1. The van der Waals surface area contributed by atoms with Crippen LogP contribution in [0.2, 0.25) is 5.02 Å². The quantitative estimate of drug-likeness (QED) is 0.662. The summed E-state index contributed by atoms with van der Waals surface area (Å²) in [5.41, 5.74) is 5.41. The Morgan fingerprint density at radius 2 is 1.76 bits per heavy atom. The van der Waals surface area contributed by atoms with Crippen molar-refractivity contribution in [3.05, 3.63) is 70.7 Å². The van der Waals surface area contributed by atoms with Crippen LogP contribution in [0.3, 0.4) is 0 Å². The van der Waals surface area contributed by atoms with E-state index in [2.05, 4.69) is 10.5 Å². The molecular formula is C17H17ClN2O. The lowest BCUT2D eigenvalue weighted by Gasteiger charge is -2.03. The van der Waals surface area contributed by atoms with Gasteiger partial charge >= 0.3 is 0 Å². The Morgan fingerprint density at radius 1 is 1.10 bits per heavy atom. The lowest BCUT2D eigenvalue weighted by molar-refractivity contribution is -0.121. The van der Waals surface area contributed by atoms with Gasteiger partial charge in [0.1, 0.15) is 0 Å². The van der Waals surface area contributed by atoms with E-state index < -0.39 is 0 Å². The maximum absolute atomic E-state index is 11.8. The van der Waals surface area contributed by atoms with E-state index in [4.69, 9.17) is 11.6 Å². The van der Waals surface area contributed by atoms with Crippen molar-refractivity contribution >= 4 is 23.2 Å². The highest BCUT2D eigenvalue weighted by molar-refractivity contribution is 6.30. The molecule has 0 bridgehead atoms. The third kappa shape index (κ3) is 5.04. The van der Waals surface area contributed by atoms with Gasteiger partial charge in [-0.15, -0.1) is 0 Å². The van der Waals surface area contributed by atoms with Crippen LogP contribution in [0.5, 0.6) is 0 Å². The summed E-state index contributed by atoms with van der Waals surface area (Å²) in [6.07, 6.45) is 1.13. The topological polar surface area (TPSA) is 41.5 Å². The molecule has 0 spiro atoms. The van der Waals surface area contributed by atoms with Gasteiger partial charge in [-0.3, -0.25) is 4.79 Å². The average Bonchev–Trinajstić information content (AvgIpc) is 2.52. The summed E-state index contributed by atoms with van der Waals surface area (Å²) in [5, 5.41) is 4.79.